The molecule has 1 heterocycles. The molecule has 3 N–H and O–H groups in total. The molecule has 1 aromatic heterocycles. The summed E-state index contributed by atoms with van der Waals surface area (Å²) in [6.07, 6.45) is 8.54. The highest BCUT2D eigenvalue weighted by atomic mass is 16.5. The van der Waals surface area contributed by atoms with E-state index >= 15 is 0 Å². The van der Waals surface area contributed by atoms with Crippen molar-refractivity contribution in [2.75, 3.05) is 6.61 Å². The number of benzene rings is 3. The van der Waals surface area contributed by atoms with Gasteiger partial charge in [-0.15, -0.1) is 0 Å². The number of carboxylic acids is 1. The van der Waals surface area contributed by atoms with Crippen LogP contribution in [0.4, 0.5) is 0 Å². The predicted molar refractivity (Wildman–Crippen MR) is 136 cm³/mol. The Balaban J connectivity index is 0.00000133. The number of aliphatic carboxylic acids is 1. The molecule has 1 aliphatic rings. The lowest BCUT2D eigenvalue weighted by atomic mass is 10.0. The Kier molecular flexibility index (Phi) is 6.68. The lowest BCUT2D eigenvalue weighted by Crippen LogP contribution is -2.11. The second-order valence-electron chi connectivity index (χ2n) is 7.91. The lowest BCUT2D eigenvalue weighted by Gasteiger charge is -2.14. The van der Waals surface area contributed by atoms with E-state index in [9.17, 15) is 14.7 Å². The van der Waals surface area contributed by atoms with Crippen LogP contribution >= 0.6 is 0 Å². The highest BCUT2D eigenvalue weighted by molar-refractivity contribution is 6.25. The number of carbonyl (C=O) groups excluding carboxylic acids is 1. The molecular formula is C28H28N2O4. The van der Waals surface area contributed by atoms with Gasteiger partial charge in [0.2, 0.25) is 5.91 Å². The number of ether oxygens (including phenoxy) is 1. The molecule has 0 atom stereocenters. The van der Waals surface area contributed by atoms with Crippen LogP contribution < -0.4 is 10.5 Å². The molecule has 5 rings (SSSR count). The second kappa shape index (κ2) is 9.83. The Morgan fingerprint density at radius 3 is 2.56 bits per heavy atom. The van der Waals surface area contributed by atoms with Gasteiger partial charge in [-0.25, -0.2) is 4.79 Å². The molecule has 0 saturated heterocycles. The number of nitrogens with zero attached hydrogens (tertiary/aromatic N) is 1. The molecular weight excluding hydrogens is 428 g/mol. The van der Waals surface area contributed by atoms with Gasteiger partial charge in [0.15, 0.2) is 6.61 Å². The van der Waals surface area contributed by atoms with Gasteiger partial charge in [-0.1, -0.05) is 62.4 Å². The number of allylic oxidation sites excluding steroid dienone is 4. The summed E-state index contributed by atoms with van der Waals surface area (Å²) in [5, 5.41) is 12.5. The van der Waals surface area contributed by atoms with Crippen LogP contribution in [0.25, 0.3) is 32.6 Å². The Hall–Kier alpha value is -4.06. The van der Waals surface area contributed by atoms with Gasteiger partial charge in [0.1, 0.15) is 5.75 Å². The zero-order valence-corrected chi connectivity index (χ0v) is 19.4. The Morgan fingerprint density at radius 2 is 1.85 bits per heavy atom. The van der Waals surface area contributed by atoms with Gasteiger partial charge < -0.3 is 20.1 Å². The van der Waals surface area contributed by atoms with E-state index in [1.165, 1.54) is 5.57 Å². The molecule has 3 aromatic carbocycles. The first-order valence-corrected chi connectivity index (χ1v) is 11.5. The van der Waals surface area contributed by atoms with Crippen LogP contribution in [0.15, 0.2) is 72.3 Å². The van der Waals surface area contributed by atoms with E-state index in [-0.39, 0.29) is 0 Å². The molecule has 0 fully saturated rings. The van der Waals surface area contributed by atoms with Crippen molar-refractivity contribution in [1.82, 2.24) is 4.57 Å². The maximum Gasteiger partial charge on any atom is 0.341 e. The quantitative estimate of drug-likeness (QED) is 0.383. The van der Waals surface area contributed by atoms with Crippen molar-refractivity contribution in [3.05, 3.63) is 77.9 Å². The normalized spacial score (nSPS) is 12.9. The standard InChI is InChI=1S/C26H22N2O4.C2H6/c27-26(31)19-11-6-12-20-23(19)24-21(32-15-22(29)30)13-17-9-4-5-10-18(17)25(24)28(20)14-16-7-2-1-3-8-16;1-2/h2,4-13H,1,3,14-15H2,(H2,27,31)(H,29,30);1-2H3. The van der Waals surface area contributed by atoms with Crippen molar-refractivity contribution in [2.24, 2.45) is 5.73 Å². The summed E-state index contributed by atoms with van der Waals surface area (Å²) in [6, 6.07) is 15.2. The van der Waals surface area contributed by atoms with Crippen LogP contribution in [-0.2, 0) is 11.3 Å². The van der Waals surface area contributed by atoms with Crippen molar-refractivity contribution in [1.29, 1.82) is 0 Å². The summed E-state index contributed by atoms with van der Waals surface area (Å²) in [5.41, 5.74) is 9.06. The van der Waals surface area contributed by atoms with Gasteiger partial charge in [0.25, 0.3) is 0 Å². The van der Waals surface area contributed by atoms with E-state index in [4.69, 9.17) is 10.5 Å². The molecule has 6 heteroatoms. The summed E-state index contributed by atoms with van der Waals surface area (Å²) >= 11 is 0. The van der Waals surface area contributed by atoms with Crippen molar-refractivity contribution in [3.8, 4) is 5.75 Å². The van der Waals surface area contributed by atoms with Crippen molar-refractivity contribution >= 4 is 44.5 Å². The van der Waals surface area contributed by atoms with Crippen molar-refractivity contribution < 1.29 is 19.4 Å². The van der Waals surface area contributed by atoms with Crippen LogP contribution in [0, 0.1) is 0 Å². The van der Waals surface area contributed by atoms with Crippen molar-refractivity contribution in [2.45, 2.75) is 33.2 Å². The average Bonchev–Trinajstić information content (AvgIpc) is 3.19. The second-order valence-corrected chi connectivity index (χ2v) is 7.91. The van der Waals surface area contributed by atoms with E-state index in [1.54, 1.807) is 6.07 Å². The number of carbonyl (C=O) groups is 2. The molecule has 0 saturated carbocycles. The fourth-order valence-corrected chi connectivity index (χ4v) is 4.56. The van der Waals surface area contributed by atoms with E-state index in [0.29, 0.717) is 28.6 Å². The molecule has 34 heavy (non-hydrogen) atoms. The largest absolute Gasteiger partial charge is 0.481 e. The van der Waals surface area contributed by atoms with Gasteiger partial charge >= 0.3 is 5.97 Å². The predicted octanol–water partition coefficient (Wildman–Crippen LogP) is 5.81. The minimum Gasteiger partial charge on any atom is -0.481 e. The van der Waals surface area contributed by atoms with Gasteiger partial charge in [-0.05, 0) is 42.0 Å². The maximum absolute atomic E-state index is 12.4. The zero-order chi connectivity index (χ0) is 24.2. The van der Waals surface area contributed by atoms with E-state index in [1.807, 2.05) is 56.3 Å². The van der Waals surface area contributed by atoms with E-state index < -0.39 is 18.5 Å². The number of rotatable bonds is 6. The summed E-state index contributed by atoms with van der Waals surface area (Å²) in [7, 11) is 0. The topological polar surface area (TPSA) is 94.6 Å². The first kappa shape index (κ1) is 23.1. The van der Waals surface area contributed by atoms with Crippen LogP contribution in [0.3, 0.4) is 0 Å². The number of primary amides is 1. The monoisotopic (exact) mass is 456 g/mol. The molecule has 0 spiro atoms. The number of hydrogen-bond donors (Lipinski definition) is 2. The molecule has 0 aliphatic heterocycles. The summed E-state index contributed by atoms with van der Waals surface area (Å²) in [5.74, 6) is -1.18. The summed E-state index contributed by atoms with van der Waals surface area (Å²) < 4.78 is 7.92. The van der Waals surface area contributed by atoms with Crippen LogP contribution in [-0.4, -0.2) is 28.2 Å². The molecule has 0 unspecified atom stereocenters. The molecule has 4 aromatic rings. The zero-order valence-electron chi connectivity index (χ0n) is 19.4. The molecule has 0 radical (unpaired) electrons. The summed E-state index contributed by atoms with van der Waals surface area (Å²) in [4.78, 5) is 23.6. The van der Waals surface area contributed by atoms with Crippen LogP contribution in [0.2, 0.25) is 0 Å². The van der Waals surface area contributed by atoms with Crippen molar-refractivity contribution in [3.63, 3.8) is 0 Å². The molecule has 174 valence electrons. The molecule has 6 nitrogen and oxygen atoms in total. The number of carboxylic acid groups (broad SMARTS) is 1. The number of nitrogens with two attached hydrogens (primary N) is 1. The van der Waals surface area contributed by atoms with Crippen LogP contribution in [0.5, 0.6) is 5.75 Å². The minimum atomic E-state index is -1.07. The van der Waals surface area contributed by atoms with E-state index in [0.717, 1.165) is 34.6 Å². The number of aromatic nitrogens is 1. The third-order valence-electron chi connectivity index (χ3n) is 5.87. The minimum absolute atomic E-state index is 0.384. The van der Waals surface area contributed by atoms with Crippen LogP contribution in [0.1, 0.15) is 37.0 Å². The molecule has 1 amide bonds. The Bertz CT molecular complexity index is 1460. The first-order valence-electron chi connectivity index (χ1n) is 11.5. The third kappa shape index (κ3) is 4.15. The lowest BCUT2D eigenvalue weighted by molar-refractivity contribution is -0.139. The van der Waals surface area contributed by atoms with Gasteiger partial charge in [-0.3, -0.25) is 4.79 Å². The smallest absolute Gasteiger partial charge is 0.341 e. The maximum atomic E-state index is 12.4. The number of hydrogen-bond acceptors (Lipinski definition) is 3. The highest BCUT2D eigenvalue weighted by Gasteiger charge is 2.22. The average molecular weight is 457 g/mol. The number of fused-ring (bicyclic) bond motifs is 5. The molecule has 1 aliphatic carbocycles. The SMILES string of the molecule is CC.NC(=O)c1cccc2c1c1c(OCC(=O)O)cc3ccccc3c1n2CC1=CCCC=C1. The van der Waals surface area contributed by atoms with E-state index in [2.05, 4.69) is 22.8 Å². The number of amides is 1. The third-order valence-corrected chi connectivity index (χ3v) is 5.87. The van der Waals surface area contributed by atoms with Gasteiger partial charge in [-0.2, -0.15) is 0 Å². The Morgan fingerprint density at radius 1 is 1.06 bits per heavy atom. The summed E-state index contributed by atoms with van der Waals surface area (Å²) in [6.45, 7) is 4.14. The fourth-order valence-electron chi connectivity index (χ4n) is 4.56. The Labute approximate surface area is 197 Å². The fraction of sp³-hybridized carbons (Fsp3) is 0.214. The van der Waals surface area contributed by atoms with Gasteiger partial charge in [0, 0.05) is 22.9 Å². The molecule has 0 bridgehead atoms. The first-order chi connectivity index (χ1) is 16.5. The van der Waals surface area contributed by atoms with Gasteiger partial charge in [0.05, 0.1) is 16.4 Å². The highest BCUT2D eigenvalue weighted by Crippen LogP contribution is 2.42.